The van der Waals surface area contributed by atoms with E-state index in [9.17, 15) is 9.59 Å². The molecular weight excluding hydrogens is 386 g/mol. The van der Waals surface area contributed by atoms with E-state index in [2.05, 4.69) is 5.16 Å². The van der Waals surface area contributed by atoms with Crippen molar-refractivity contribution in [3.8, 4) is 5.75 Å². The molecule has 1 aromatic heterocycles. The summed E-state index contributed by atoms with van der Waals surface area (Å²) in [5.74, 6) is -0.0706. The molecule has 0 fully saturated rings. The maximum atomic E-state index is 13.6. The van der Waals surface area contributed by atoms with E-state index in [1.54, 1.807) is 30.3 Å². The summed E-state index contributed by atoms with van der Waals surface area (Å²) < 4.78 is 17.3. The summed E-state index contributed by atoms with van der Waals surface area (Å²) in [6.07, 6.45) is 0.218. The van der Waals surface area contributed by atoms with Gasteiger partial charge in [0.1, 0.15) is 11.8 Å². The van der Waals surface area contributed by atoms with Crippen molar-refractivity contribution < 1.29 is 28.3 Å². The van der Waals surface area contributed by atoms with Gasteiger partial charge >= 0.3 is 0 Å². The van der Waals surface area contributed by atoms with Crippen LogP contribution >= 0.6 is 0 Å². The Labute approximate surface area is 174 Å². The number of rotatable bonds is 10. The van der Waals surface area contributed by atoms with Crippen molar-refractivity contribution in [3.63, 3.8) is 0 Å². The van der Waals surface area contributed by atoms with Crippen molar-refractivity contribution in [3.05, 3.63) is 65.4 Å². The first-order valence-corrected chi connectivity index (χ1v) is 9.66. The topological polar surface area (TPSA) is 87.3 Å². The van der Waals surface area contributed by atoms with Crippen LogP contribution in [0.25, 0.3) is 11.0 Å². The summed E-state index contributed by atoms with van der Waals surface area (Å²) in [7, 11) is 0. The van der Waals surface area contributed by atoms with Gasteiger partial charge in [0.15, 0.2) is 17.3 Å². The molecule has 0 unspecified atom stereocenters. The number of carbonyl (C=O) groups excluding carboxylic acids is 2. The van der Waals surface area contributed by atoms with Gasteiger partial charge in [0.05, 0.1) is 11.1 Å². The third kappa shape index (κ3) is 4.64. The van der Waals surface area contributed by atoms with E-state index < -0.39 is 6.29 Å². The lowest BCUT2D eigenvalue weighted by molar-refractivity contribution is -0.150. The number of oxime groups is 1. The van der Waals surface area contributed by atoms with E-state index in [1.807, 2.05) is 32.0 Å². The zero-order chi connectivity index (χ0) is 21.5. The van der Waals surface area contributed by atoms with Crippen LogP contribution in [0.4, 0.5) is 0 Å². The van der Waals surface area contributed by atoms with Crippen LogP contribution in [-0.4, -0.2) is 31.0 Å². The van der Waals surface area contributed by atoms with Crippen molar-refractivity contribution in [1.29, 1.82) is 0 Å². The number of fused-ring (bicyclic) bond motifs is 1. The molecule has 0 radical (unpaired) electrons. The number of benzene rings is 2. The van der Waals surface area contributed by atoms with E-state index in [0.29, 0.717) is 35.5 Å². The molecular formula is C23H23NO6. The lowest BCUT2D eigenvalue weighted by Crippen LogP contribution is -2.13. The highest BCUT2D eigenvalue weighted by Crippen LogP contribution is 2.35. The van der Waals surface area contributed by atoms with Crippen molar-refractivity contribution in [2.75, 3.05) is 13.2 Å². The van der Waals surface area contributed by atoms with E-state index >= 15 is 0 Å². The van der Waals surface area contributed by atoms with Crippen molar-refractivity contribution in [2.24, 2.45) is 5.16 Å². The van der Waals surface area contributed by atoms with Gasteiger partial charge in [-0.05, 0) is 32.0 Å². The van der Waals surface area contributed by atoms with Crippen LogP contribution in [0, 0.1) is 0 Å². The molecule has 0 N–H and O–H groups in total. The Morgan fingerprint density at radius 3 is 2.40 bits per heavy atom. The maximum absolute atomic E-state index is 13.6. The van der Waals surface area contributed by atoms with Crippen LogP contribution in [-0.2, 0) is 14.3 Å². The number of ether oxygens (including phenoxy) is 2. The number of Topliss-reactive ketones (excluding diaryl/α,β-unsaturated/α-hetero) is 1. The average Bonchev–Trinajstić information content (AvgIpc) is 3.12. The Morgan fingerprint density at radius 2 is 1.70 bits per heavy atom. The van der Waals surface area contributed by atoms with Gasteiger partial charge in [0.25, 0.3) is 0 Å². The van der Waals surface area contributed by atoms with E-state index in [-0.39, 0.29) is 22.9 Å². The van der Waals surface area contributed by atoms with E-state index in [1.165, 1.54) is 6.92 Å². The molecule has 2 aromatic carbocycles. The predicted octanol–water partition coefficient (Wildman–Crippen LogP) is 4.69. The standard InChI is InChI=1S/C23H23NO6/c1-4-27-23(28-5-2)22-20(16-10-6-8-12-18(16)29-22)21(26)17-11-7-9-13-19(17)30-24-14-15(3)25/h6-14,23H,4-5H2,1-3H3. The summed E-state index contributed by atoms with van der Waals surface area (Å²) >= 11 is 0. The normalized spacial score (nSPS) is 11.5. The highest BCUT2D eigenvalue weighted by atomic mass is 16.7. The van der Waals surface area contributed by atoms with Gasteiger partial charge in [-0.3, -0.25) is 9.59 Å². The molecule has 30 heavy (non-hydrogen) atoms. The third-order valence-corrected chi connectivity index (χ3v) is 4.22. The number of ketones is 2. The molecule has 0 aliphatic rings. The highest BCUT2D eigenvalue weighted by Gasteiger charge is 2.29. The average molecular weight is 409 g/mol. The number of furan rings is 1. The van der Waals surface area contributed by atoms with Gasteiger partial charge in [-0.2, -0.15) is 0 Å². The quantitative estimate of drug-likeness (QED) is 0.209. The van der Waals surface area contributed by atoms with Crippen LogP contribution in [0.3, 0.4) is 0 Å². The van der Waals surface area contributed by atoms with Crippen molar-refractivity contribution in [1.82, 2.24) is 0 Å². The smallest absolute Gasteiger partial charge is 0.218 e. The molecule has 0 bridgehead atoms. The first kappa shape index (κ1) is 21.4. The zero-order valence-corrected chi connectivity index (χ0v) is 17.1. The molecule has 3 aromatic rings. The summed E-state index contributed by atoms with van der Waals surface area (Å²) in [4.78, 5) is 30.0. The van der Waals surface area contributed by atoms with Crippen molar-refractivity contribution >= 4 is 28.8 Å². The number of nitrogens with zero attached hydrogens (tertiary/aromatic N) is 1. The van der Waals surface area contributed by atoms with Crippen LogP contribution in [0.1, 0.15) is 48.7 Å². The fraction of sp³-hybridized carbons (Fsp3) is 0.261. The Hall–Kier alpha value is -3.29. The SMILES string of the molecule is CCOC(OCC)c1oc2ccccc2c1C(=O)c1ccccc1ON=CC(C)=O. The Bertz CT molecular complexity index is 1060. The largest absolute Gasteiger partial charge is 0.455 e. The highest BCUT2D eigenvalue weighted by molar-refractivity contribution is 6.26. The Morgan fingerprint density at radius 1 is 1.03 bits per heavy atom. The maximum Gasteiger partial charge on any atom is 0.218 e. The Kier molecular flexibility index (Phi) is 7.11. The van der Waals surface area contributed by atoms with Crippen LogP contribution in [0.5, 0.6) is 5.75 Å². The molecule has 7 heteroatoms. The van der Waals surface area contributed by atoms with E-state index in [0.717, 1.165) is 6.21 Å². The lowest BCUT2D eigenvalue weighted by atomic mass is 9.99. The van der Waals surface area contributed by atoms with Gasteiger partial charge in [0.2, 0.25) is 12.1 Å². The van der Waals surface area contributed by atoms with Crippen LogP contribution < -0.4 is 4.84 Å². The van der Waals surface area contributed by atoms with Crippen molar-refractivity contribution in [2.45, 2.75) is 27.1 Å². The van der Waals surface area contributed by atoms with Gasteiger partial charge in [-0.25, -0.2) is 0 Å². The lowest BCUT2D eigenvalue weighted by Gasteiger charge is -2.16. The van der Waals surface area contributed by atoms with Gasteiger partial charge in [0, 0.05) is 25.5 Å². The van der Waals surface area contributed by atoms with Gasteiger partial charge < -0.3 is 18.7 Å². The molecule has 0 saturated carbocycles. The third-order valence-electron chi connectivity index (χ3n) is 4.22. The molecule has 0 amide bonds. The molecule has 0 aliphatic heterocycles. The summed E-state index contributed by atoms with van der Waals surface area (Å²) in [6.45, 7) is 5.80. The van der Waals surface area contributed by atoms with Crippen LogP contribution in [0.2, 0.25) is 0 Å². The second-order valence-electron chi connectivity index (χ2n) is 6.34. The minimum Gasteiger partial charge on any atom is -0.455 e. The molecule has 0 saturated heterocycles. The minimum absolute atomic E-state index is 0.223. The number of para-hydroxylation sites is 2. The first-order valence-electron chi connectivity index (χ1n) is 9.66. The van der Waals surface area contributed by atoms with E-state index in [4.69, 9.17) is 18.7 Å². The summed E-state index contributed by atoms with van der Waals surface area (Å²) in [5.41, 5.74) is 1.16. The number of hydrogen-bond donors (Lipinski definition) is 0. The first-order chi connectivity index (χ1) is 14.6. The van der Waals surface area contributed by atoms with Gasteiger partial charge in [-0.1, -0.05) is 35.5 Å². The molecule has 156 valence electrons. The number of hydrogen-bond acceptors (Lipinski definition) is 7. The second kappa shape index (κ2) is 9.96. The predicted molar refractivity (Wildman–Crippen MR) is 112 cm³/mol. The molecule has 0 aliphatic carbocycles. The molecule has 3 rings (SSSR count). The Balaban J connectivity index is 2.11. The molecule has 0 atom stereocenters. The molecule has 7 nitrogen and oxygen atoms in total. The van der Waals surface area contributed by atoms with Crippen LogP contribution in [0.15, 0.2) is 58.1 Å². The summed E-state index contributed by atoms with van der Waals surface area (Å²) in [5, 5.41) is 4.29. The summed E-state index contributed by atoms with van der Waals surface area (Å²) in [6, 6.07) is 13.9. The fourth-order valence-electron chi connectivity index (χ4n) is 2.99. The molecule has 1 heterocycles. The minimum atomic E-state index is -0.824. The molecule has 0 spiro atoms. The van der Waals surface area contributed by atoms with Gasteiger partial charge in [-0.15, -0.1) is 0 Å². The fourth-order valence-corrected chi connectivity index (χ4v) is 2.99. The zero-order valence-electron chi connectivity index (χ0n) is 17.1. The second-order valence-corrected chi connectivity index (χ2v) is 6.34. The monoisotopic (exact) mass is 409 g/mol. The number of carbonyl (C=O) groups is 2.